The molecule has 22 heavy (non-hydrogen) atoms. The number of rotatable bonds is 3. The Morgan fingerprint density at radius 2 is 2.27 bits per heavy atom. The van der Waals surface area contributed by atoms with Gasteiger partial charge in [-0.15, -0.1) is 11.3 Å². The van der Waals surface area contributed by atoms with E-state index in [1.807, 2.05) is 13.8 Å². The van der Waals surface area contributed by atoms with E-state index in [0.717, 1.165) is 29.8 Å². The molecular formula is C16H21N3OS2. The van der Waals surface area contributed by atoms with E-state index in [4.69, 9.17) is 12.2 Å². The van der Waals surface area contributed by atoms with Crippen molar-refractivity contribution in [3.05, 3.63) is 16.0 Å². The maximum Gasteiger partial charge on any atom is 0.226 e. The van der Waals surface area contributed by atoms with Crippen LogP contribution >= 0.6 is 23.6 Å². The highest BCUT2D eigenvalue weighted by Crippen LogP contribution is 2.39. The van der Waals surface area contributed by atoms with Crippen LogP contribution in [0.2, 0.25) is 0 Å². The molecule has 0 bridgehead atoms. The standard InChI is InChI=1S/C16H21N3OS2/c1-9(2)6-14(20)18-16(21)19-15-12(8-17)11-5-4-10(3)7-13(11)22-15/h9-10H,4-7H2,1-3H3,(H2,18,19,20,21)/t10-/m0/s1. The number of nitrogens with one attached hydrogen (secondary N) is 2. The summed E-state index contributed by atoms with van der Waals surface area (Å²) in [4.78, 5) is 13.0. The first-order valence-corrected chi connectivity index (χ1v) is 8.78. The van der Waals surface area contributed by atoms with Crippen molar-refractivity contribution in [2.45, 2.75) is 46.5 Å². The molecule has 4 nitrogen and oxygen atoms in total. The molecule has 1 aromatic heterocycles. The van der Waals surface area contributed by atoms with E-state index < -0.39 is 0 Å². The molecule has 6 heteroatoms. The van der Waals surface area contributed by atoms with Crippen LogP contribution in [0.4, 0.5) is 5.00 Å². The number of thiocarbonyl (C=S) groups is 1. The second-order valence-electron chi connectivity index (χ2n) is 6.27. The molecule has 1 amide bonds. The molecule has 1 heterocycles. The summed E-state index contributed by atoms with van der Waals surface area (Å²) in [5.41, 5.74) is 1.84. The molecule has 1 aromatic rings. The number of hydrogen-bond acceptors (Lipinski definition) is 4. The second-order valence-corrected chi connectivity index (χ2v) is 7.78. The van der Waals surface area contributed by atoms with E-state index in [1.54, 1.807) is 11.3 Å². The highest BCUT2D eigenvalue weighted by Gasteiger charge is 2.24. The molecule has 0 unspecified atom stereocenters. The Hall–Kier alpha value is -1.45. The molecule has 0 aromatic carbocycles. The number of nitrogens with zero attached hydrogens (tertiary/aromatic N) is 1. The van der Waals surface area contributed by atoms with Crippen molar-refractivity contribution in [3.63, 3.8) is 0 Å². The van der Waals surface area contributed by atoms with Crippen LogP contribution in [0.1, 0.15) is 49.6 Å². The first kappa shape index (κ1) is 16.9. The Labute approximate surface area is 140 Å². The number of fused-ring (bicyclic) bond motifs is 1. The molecule has 1 aliphatic carbocycles. The Morgan fingerprint density at radius 3 is 2.91 bits per heavy atom. The van der Waals surface area contributed by atoms with Gasteiger partial charge in [0.15, 0.2) is 5.11 Å². The van der Waals surface area contributed by atoms with Crippen LogP contribution < -0.4 is 10.6 Å². The average Bonchev–Trinajstić information content (AvgIpc) is 2.73. The maximum atomic E-state index is 11.7. The largest absolute Gasteiger partial charge is 0.323 e. The first-order chi connectivity index (χ1) is 10.4. The van der Waals surface area contributed by atoms with E-state index in [0.29, 0.717) is 17.9 Å². The number of thiophene rings is 1. The highest BCUT2D eigenvalue weighted by atomic mass is 32.1. The summed E-state index contributed by atoms with van der Waals surface area (Å²) in [7, 11) is 0. The van der Waals surface area contributed by atoms with Crippen LogP contribution in [0.15, 0.2) is 0 Å². The molecular weight excluding hydrogens is 314 g/mol. The summed E-state index contributed by atoms with van der Waals surface area (Å²) < 4.78 is 0. The van der Waals surface area contributed by atoms with E-state index in [-0.39, 0.29) is 16.9 Å². The lowest BCUT2D eigenvalue weighted by molar-refractivity contribution is -0.120. The van der Waals surface area contributed by atoms with Crippen molar-refractivity contribution >= 4 is 39.6 Å². The third kappa shape index (κ3) is 4.05. The number of anilines is 1. The third-order valence-corrected chi connectivity index (χ3v) is 5.07. The van der Waals surface area contributed by atoms with Gasteiger partial charge in [0.25, 0.3) is 0 Å². The van der Waals surface area contributed by atoms with Gasteiger partial charge in [-0.05, 0) is 48.9 Å². The van der Waals surface area contributed by atoms with Gasteiger partial charge in [-0.25, -0.2) is 0 Å². The van der Waals surface area contributed by atoms with Crippen LogP contribution in [0, 0.1) is 23.2 Å². The van der Waals surface area contributed by atoms with Crippen molar-refractivity contribution in [1.82, 2.24) is 5.32 Å². The predicted molar refractivity (Wildman–Crippen MR) is 94.0 cm³/mol. The minimum Gasteiger partial charge on any atom is -0.323 e. The van der Waals surface area contributed by atoms with Gasteiger partial charge in [-0.3, -0.25) is 4.79 Å². The Morgan fingerprint density at radius 1 is 1.55 bits per heavy atom. The quantitative estimate of drug-likeness (QED) is 0.828. The molecule has 0 aliphatic heterocycles. The van der Waals surface area contributed by atoms with Gasteiger partial charge in [0, 0.05) is 11.3 Å². The topological polar surface area (TPSA) is 64.9 Å². The SMILES string of the molecule is CC(C)CC(=O)NC(=S)Nc1sc2c(c1C#N)CC[C@H](C)C2. The Bertz CT molecular complexity index is 628. The molecule has 0 spiro atoms. The summed E-state index contributed by atoms with van der Waals surface area (Å²) in [6.07, 6.45) is 3.52. The van der Waals surface area contributed by atoms with E-state index in [2.05, 4.69) is 23.6 Å². The zero-order chi connectivity index (χ0) is 16.3. The second kappa shape index (κ2) is 7.21. The summed E-state index contributed by atoms with van der Waals surface area (Å²) in [5, 5.41) is 16.2. The fraction of sp³-hybridized carbons (Fsp3) is 0.562. The molecule has 0 radical (unpaired) electrons. The van der Waals surface area contributed by atoms with Gasteiger partial charge in [0.05, 0.1) is 5.56 Å². The van der Waals surface area contributed by atoms with Crippen molar-refractivity contribution in [2.75, 3.05) is 5.32 Å². The number of carbonyl (C=O) groups is 1. The van der Waals surface area contributed by atoms with Crippen molar-refractivity contribution in [3.8, 4) is 6.07 Å². The first-order valence-electron chi connectivity index (χ1n) is 7.56. The fourth-order valence-corrected chi connectivity index (χ4v) is 4.29. The molecule has 0 fully saturated rings. The minimum absolute atomic E-state index is 0.0963. The van der Waals surface area contributed by atoms with Gasteiger partial charge in [-0.2, -0.15) is 5.26 Å². The van der Waals surface area contributed by atoms with Crippen LogP contribution in [-0.2, 0) is 17.6 Å². The molecule has 118 valence electrons. The Kier molecular flexibility index (Phi) is 5.54. The molecule has 1 aliphatic rings. The molecule has 2 N–H and O–H groups in total. The summed E-state index contributed by atoms with van der Waals surface area (Å²) >= 11 is 6.78. The van der Waals surface area contributed by atoms with Gasteiger partial charge < -0.3 is 10.6 Å². The van der Waals surface area contributed by atoms with Crippen molar-refractivity contribution in [1.29, 1.82) is 5.26 Å². The van der Waals surface area contributed by atoms with Crippen LogP contribution in [0.25, 0.3) is 0 Å². The van der Waals surface area contributed by atoms with Gasteiger partial charge in [-0.1, -0.05) is 20.8 Å². The van der Waals surface area contributed by atoms with Gasteiger partial charge in [0.2, 0.25) is 5.91 Å². The lowest BCUT2D eigenvalue weighted by Crippen LogP contribution is -2.34. The van der Waals surface area contributed by atoms with Crippen LogP contribution in [0.3, 0.4) is 0 Å². The number of hydrogen-bond donors (Lipinski definition) is 2. The smallest absolute Gasteiger partial charge is 0.226 e. The maximum absolute atomic E-state index is 11.7. The predicted octanol–water partition coefficient (Wildman–Crippen LogP) is 3.60. The lowest BCUT2D eigenvalue weighted by Gasteiger charge is -2.17. The average molecular weight is 335 g/mol. The molecule has 0 saturated carbocycles. The summed E-state index contributed by atoms with van der Waals surface area (Å²) in [5.74, 6) is 0.845. The van der Waals surface area contributed by atoms with E-state index >= 15 is 0 Å². The molecule has 0 saturated heterocycles. The highest BCUT2D eigenvalue weighted by molar-refractivity contribution is 7.80. The lowest BCUT2D eigenvalue weighted by atomic mass is 9.89. The van der Waals surface area contributed by atoms with Gasteiger partial charge >= 0.3 is 0 Å². The zero-order valence-corrected chi connectivity index (χ0v) is 14.8. The summed E-state index contributed by atoms with van der Waals surface area (Å²) in [6.45, 7) is 6.20. The van der Waals surface area contributed by atoms with Crippen LogP contribution in [-0.4, -0.2) is 11.0 Å². The normalized spacial score (nSPS) is 16.8. The van der Waals surface area contributed by atoms with E-state index in [1.165, 1.54) is 4.88 Å². The number of carbonyl (C=O) groups excluding carboxylic acids is 1. The van der Waals surface area contributed by atoms with Crippen LogP contribution in [0.5, 0.6) is 0 Å². The monoisotopic (exact) mass is 335 g/mol. The molecule has 2 rings (SSSR count). The van der Waals surface area contributed by atoms with Crippen molar-refractivity contribution < 1.29 is 4.79 Å². The number of amides is 1. The summed E-state index contributed by atoms with van der Waals surface area (Å²) in [6, 6.07) is 2.29. The molecule has 1 atom stereocenters. The minimum atomic E-state index is -0.0963. The Balaban J connectivity index is 2.08. The number of nitriles is 1. The van der Waals surface area contributed by atoms with Gasteiger partial charge in [0.1, 0.15) is 11.1 Å². The third-order valence-electron chi connectivity index (χ3n) is 3.70. The fourth-order valence-electron chi connectivity index (χ4n) is 2.64. The van der Waals surface area contributed by atoms with E-state index in [9.17, 15) is 10.1 Å². The zero-order valence-electron chi connectivity index (χ0n) is 13.2. The van der Waals surface area contributed by atoms with Crippen molar-refractivity contribution in [2.24, 2.45) is 11.8 Å².